The van der Waals surface area contributed by atoms with Crippen molar-refractivity contribution in [3.05, 3.63) is 84.7 Å². The van der Waals surface area contributed by atoms with Gasteiger partial charge in [0.25, 0.3) is 0 Å². The third-order valence-electron chi connectivity index (χ3n) is 4.10. The van der Waals surface area contributed by atoms with Gasteiger partial charge in [-0.25, -0.2) is 16.8 Å². The first-order valence-electron chi connectivity index (χ1n) is 8.36. The molecule has 1 heterocycles. The smallest absolute Gasteiger partial charge is 0.206 e. The van der Waals surface area contributed by atoms with Crippen LogP contribution in [0.15, 0.2) is 93.9 Å². The molecule has 2 aromatic carbocycles. The fourth-order valence-corrected chi connectivity index (χ4v) is 6.60. The van der Waals surface area contributed by atoms with Crippen molar-refractivity contribution in [2.45, 2.75) is 21.3 Å². The molecule has 0 saturated carbocycles. The number of pyridine rings is 1. The third-order valence-corrected chi connectivity index (χ3v) is 8.95. The maximum atomic E-state index is 13.2. The van der Waals surface area contributed by atoms with Crippen molar-refractivity contribution in [2.24, 2.45) is 4.99 Å². The Kier molecular flexibility index (Phi) is 5.71. The summed E-state index contributed by atoms with van der Waals surface area (Å²) in [5.41, 5.74) is 1.15. The molecule has 6 nitrogen and oxygen atoms in total. The van der Waals surface area contributed by atoms with E-state index in [0.717, 1.165) is 11.8 Å². The van der Waals surface area contributed by atoms with Crippen molar-refractivity contribution in [2.75, 3.05) is 0 Å². The lowest BCUT2D eigenvalue weighted by Gasteiger charge is -2.15. The zero-order chi connectivity index (χ0) is 20.2. The van der Waals surface area contributed by atoms with Crippen LogP contribution in [0.3, 0.4) is 0 Å². The van der Waals surface area contributed by atoms with E-state index in [0.29, 0.717) is 5.69 Å². The second kappa shape index (κ2) is 8.04. The van der Waals surface area contributed by atoms with E-state index in [1.54, 1.807) is 55.6 Å². The number of aromatic nitrogens is 1. The molecule has 0 aliphatic carbocycles. The molecule has 0 radical (unpaired) electrons. The Morgan fingerprint density at radius 1 is 0.821 bits per heavy atom. The number of aliphatic imine (C=N–C) groups is 1. The van der Waals surface area contributed by atoms with E-state index in [9.17, 15) is 16.8 Å². The molecule has 3 aromatic rings. The van der Waals surface area contributed by atoms with Crippen LogP contribution >= 0.6 is 0 Å². The maximum absolute atomic E-state index is 13.2. The molecule has 0 fully saturated rings. The van der Waals surface area contributed by atoms with Crippen LogP contribution in [-0.2, 0) is 19.7 Å². The number of rotatable bonds is 6. The van der Waals surface area contributed by atoms with E-state index in [1.165, 1.54) is 30.5 Å². The average molecular weight is 415 g/mol. The maximum Gasteiger partial charge on any atom is 0.206 e. The summed E-state index contributed by atoms with van der Waals surface area (Å²) >= 11 is 0. The minimum atomic E-state index is -4.25. The van der Waals surface area contributed by atoms with Gasteiger partial charge in [0.1, 0.15) is 0 Å². The summed E-state index contributed by atoms with van der Waals surface area (Å²) in [6, 6.07) is 16.7. The topological polar surface area (TPSA) is 93.5 Å². The van der Waals surface area contributed by atoms with E-state index in [2.05, 4.69) is 9.98 Å². The molecular weight excluding hydrogens is 396 g/mol. The molecule has 0 amide bonds. The van der Waals surface area contributed by atoms with Crippen LogP contribution in [0, 0.1) is 6.92 Å². The Labute approximate surface area is 164 Å². The average Bonchev–Trinajstić information content (AvgIpc) is 2.70. The summed E-state index contributed by atoms with van der Waals surface area (Å²) in [6.45, 7) is 1.78. The van der Waals surface area contributed by atoms with Crippen molar-refractivity contribution in [1.29, 1.82) is 0 Å². The van der Waals surface area contributed by atoms with Gasteiger partial charge >= 0.3 is 0 Å². The summed E-state index contributed by atoms with van der Waals surface area (Å²) in [5, 5.41) is 0. The van der Waals surface area contributed by atoms with Crippen molar-refractivity contribution < 1.29 is 16.8 Å². The van der Waals surface area contributed by atoms with E-state index in [-0.39, 0.29) is 9.79 Å². The van der Waals surface area contributed by atoms with Gasteiger partial charge in [0, 0.05) is 12.4 Å². The van der Waals surface area contributed by atoms with Crippen molar-refractivity contribution in [3.8, 4) is 0 Å². The van der Waals surface area contributed by atoms with Gasteiger partial charge in [-0.3, -0.25) is 9.98 Å². The zero-order valence-electron chi connectivity index (χ0n) is 15.0. The second-order valence-electron chi connectivity index (χ2n) is 6.02. The lowest BCUT2D eigenvalue weighted by atomic mass is 10.3. The first-order chi connectivity index (χ1) is 13.3. The minimum Gasteiger partial charge on any atom is -0.262 e. The lowest BCUT2D eigenvalue weighted by Crippen LogP contribution is -2.32. The molecule has 28 heavy (non-hydrogen) atoms. The summed E-state index contributed by atoms with van der Waals surface area (Å²) in [7, 11) is -8.50. The Morgan fingerprint density at radius 2 is 1.32 bits per heavy atom. The van der Waals surface area contributed by atoms with E-state index in [1.807, 2.05) is 0 Å². The number of aryl methyl sites for hydroxylation is 1. The molecule has 144 valence electrons. The van der Waals surface area contributed by atoms with Crippen molar-refractivity contribution >= 4 is 31.6 Å². The van der Waals surface area contributed by atoms with Gasteiger partial charge in [-0.15, -0.1) is 0 Å². The molecule has 0 spiro atoms. The van der Waals surface area contributed by atoms with E-state index < -0.39 is 24.3 Å². The number of hydrogen-bond acceptors (Lipinski definition) is 6. The fraction of sp³-hybridized carbons (Fsp3) is 0.100. The third kappa shape index (κ3) is 4.02. The Morgan fingerprint density at radius 3 is 1.79 bits per heavy atom. The van der Waals surface area contributed by atoms with Crippen LogP contribution in [0.5, 0.6) is 0 Å². The zero-order valence-corrected chi connectivity index (χ0v) is 16.6. The van der Waals surface area contributed by atoms with Gasteiger partial charge < -0.3 is 0 Å². The number of hydrogen-bond donors (Lipinski definition) is 0. The predicted octanol–water partition coefficient (Wildman–Crippen LogP) is 3.37. The fourth-order valence-electron chi connectivity index (χ4n) is 2.55. The van der Waals surface area contributed by atoms with Crippen LogP contribution in [0.2, 0.25) is 0 Å². The SMILES string of the molecule is Cc1ccncc1N=CC(S(=O)(=O)c1ccccc1)S(=O)(=O)c1ccccc1. The Balaban J connectivity index is 2.16. The first kappa shape index (κ1) is 19.9. The summed E-state index contributed by atoms with van der Waals surface area (Å²) in [4.78, 5) is 7.92. The lowest BCUT2D eigenvalue weighted by molar-refractivity contribution is 0.584. The highest BCUT2D eigenvalue weighted by Crippen LogP contribution is 2.26. The van der Waals surface area contributed by atoms with Gasteiger partial charge in [0.2, 0.25) is 24.3 Å². The van der Waals surface area contributed by atoms with E-state index in [4.69, 9.17) is 0 Å². The highest BCUT2D eigenvalue weighted by molar-refractivity contribution is 8.10. The van der Waals surface area contributed by atoms with Gasteiger partial charge in [-0.2, -0.15) is 0 Å². The molecule has 0 N–H and O–H groups in total. The largest absolute Gasteiger partial charge is 0.262 e. The van der Waals surface area contributed by atoms with Gasteiger partial charge in [0.15, 0.2) is 0 Å². The summed E-state index contributed by atoms with van der Waals surface area (Å²) in [6.07, 6.45) is 4.00. The number of nitrogens with zero attached hydrogens (tertiary/aromatic N) is 2. The summed E-state index contributed by atoms with van der Waals surface area (Å²) in [5.74, 6) is 0. The molecule has 8 heteroatoms. The van der Waals surface area contributed by atoms with E-state index >= 15 is 0 Å². The number of sulfone groups is 2. The van der Waals surface area contributed by atoms with Crippen LogP contribution in [-0.4, -0.2) is 32.6 Å². The van der Waals surface area contributed by atoms with Crippen LogP contribution in [0.1, 0.15) is 5.56 Å². The van der Waals surface area contributed by atoms with Gasteiger partial charge in [0.05, 0.1) is 21.7 Å². The Hall–Kier alpha value is -2.84. The normalized spacial score (nSPS) is 12.5. The summed E-state index contributed by atoms with van der Waals surface area (Å²) < 4.78 is 50.8. The van der Waals surface area contributed by atoms with Gasteiger partial charge in [-0.05, 0) is 42.8 Å². The molecule has 0 atom stereocenters. The van der Waals surface area contributed by atoms with Gasteiger partial charge in [-0.1, -0.05) is 36.4 Å². The minimum absolute atomic E-state index is 0.0890. The number of benzene rings is 2. The van der Waals surface area contributed by atoms with Crippen LogP contribution in [0.4, 0.5) is 5.69 Å². The highest BCUT2D eigenvalue weighted by atomic mass is 32.3. The molecule has 0 saturated heterocycles. The molecule has 0 unspecified atom stereocenters. The first-order valence-corrected chi connectivity index (χ1v) is 11.5. The molecular formula is C20H18N2O4S2. The highest BCUT2D eigenvalue weighted by Gasteiger charge is 2.38. The second-order valence-corrected chi connectivity index (χ2v) is 10.5. The molecule has 0 aliphatic heterocycles. The molecule has 3 rings (SSSR count). The van der Waals surface area contributed by atoms with Crippen molar-refractivity contribution in [1.82, 2.24) is 4.98 Å². The van der Waals surface area contributed by atoms with Crippen LogP contribution in [0.25, 0.3) is 0 Å². The van der Waals surface area contributed by atoms with Crippen molar-refractivity contribution in [3.63, 3.8) is 0 Å². The molecule has 1 aromatic heterocycles. The molecule has 0 bridgehead atoms. The Bertz CT molecular complexity index is 1120. The quantitative estimate of drug-likeness (QED) is 0.577. The molecule has 0 aliphatic rings. The predicted molar refractivity (Wildman–Crippen MR) is 108 cm³/mol. The monoisotopic (exact) mass is 414 g/mol. The van der Waals surface area contributed by atoms with Crippen LogP contribution < -0.4 is 0 Å². The standard InChI is InChI=1S/C20H18N2O4S2/c1-16-12-13-21-14-19(16)22-15-20(27(23,24)17-8-4-2-5-9-17)28(25,26)18-10-6-3-7-11-18/h2-15,20H,1H3.